The second kappa shape index (κ2) is 5.05. The number of benzene rings is 1. The first-order valence-corrected chi connectivity index (χ1v) is 6.35. The Bertz CT molecular complexity index is 372. The number of rotatable bonds is 2. The molecular weight excluding hydrogens is 215 g/mol. The molecule has 1 aromatic rings. The summed E-state index contributed by atoms with van der Waals surface area (Å²) in [6.07, 6.45) is 2.38. The van der Waals surface area contributed by atoms with Gasteiger partial charge in [0, 0.05) is 23.8 Å². The van der Waals surface area contributed by atoms with Gasteiger partial charge in [-0.2, -0.15) is 0 Å². The number of nitrogen functional groups attached to an aromatic ring is 1. The Labute approximate surface area is 103 Å². The van der Waals surface area contributed by atoms with E-state index in [1.165, 1.54) is 18.9 Å². The number of hydrogen-bond acceptors (Lipinski definition) is 2. The molecule has 2 unspecified atom stereocenters. The standard InChI is InChI=1S/C14H21FN2/c1-10-6-7-17(11(2)8-10)9-12-13(15)4-3-5-14(12)16/h3-5,10-11H,6-9,16H2,1-2H3. The van der Waals surface area contributed by atoms with E-state index in [0.29, 0.717) is 23.8 Å². The van der Waals surface area contributed by atoms with E-state index >= 15 is 0 Å². The minimum atomic E-state index is -0.184. The average molecular weight is 236 g/mol. The lowest BCUT2D eigenvalue weighted by Crippen LogP contribution is -2.39. The lowest BCUT2D eigenvalue weighted by molar-refractivity contribution is 0.121. The molecule has 2 rings (SSSR count). The quantitative estimate of drug-likeness (QED) is 0.800. The maximum absolute atomic E-state index is 13.7. The van der Waals surface area contributed by atoms with Gasteiger partial charge < -0.3 is 5.73 Å². The lowest BCUT2D eigenvalue weighted by Gasteiger charge is -2.36. The van der Waals surface area contributed by atoms with E-state index in [-0.39, 0.29) is 5.82 Å². The molecule has 0 spiro atoms. The van der Waals surface area contributed by atoms with Gasteiger partial charge in [0.05, 0.1) is 0 Å². The molecule has 0 aliphatic carbocycles. The van der Waals surface area contributed by atoms with Crippen LogP contribution in [0.1, 0.15) is 32.3 Å². The summed E-state index contributed by atoms with van der Waals surface area (Å²) in [5, 5.41) is 0. The highest BCUT2D eigenvalue weighted by molar-refractivity contribution is 5.47. The number of nitrogens with two attached hydrogens (primary N) is 1. The van der Waals surface area contributed by atoms with E-state index in [1.54, 1.807) is 12.1 Å². The molecule has 3 heteroatoms. The predicted octanol–water partition coefficient (Wildman–Crippen LogP) is 3.03. The fourth-order valence-electron chi connectivity index (χ4n) is 2.64. The van der Waals surface area contributed by atoms with Gasteiger partial charge in [-0.15, -0.1) is 0 Å². The van der Waals surface area contributed by atoms with Crippen molar-refractivity contribution in [1.82, 2.24) is 4.90 Å². The number of halogens is 1. The van der Waals surface area contributed by atoms with Gasteiger partial charge in [-0.05, 0) is 44.4 Å². The summed E-state index contributed by atoms with van der Waals surface area (Å²) in [5.74, 6) is 0.593. The van der Waals surface area contributed by atoms with E-state index in [4.69, 9.17) is 5.73 Å². The molecule has 1 saturated heterocycles. The molecule has 0 bridgehead atoms. The first-order chi connectivity index (χ1) is 8.08. The molecule has 1 heterocycles. The van der Waals surface area contributed by atoms with E-state index in [0.717, 1.165) is 12.5 Å². The van der Waals surface area contributed by atoms with E-state index in [1.807, 2.05) is 0 Å². The SMILES string of the molecule is CC1CCN(Cc2c(N)cccc2F)C(C)C1. The molecule has 2 N–H and O–H groups in total. The normalized spacial score (nSPS) is 26.1. The maximum Gasteiger partial charge on any atom is 0.129 e. The Hall–Kier alpha value is -1.09. The van der Waals surface area contributed by atoms with Crippen molar-refractivity contribution in [3.05, 3.63) is 29.6 Å². The highest BCUT2D eigenvalue weighted by Crippen LogP contribution is 2.26. The third-order valence-corrected chi connectivity index (χ3v) is 3.79. The summed E-state index contributed by atoms with van der Waals surface area (Å²) in [5.41, 5.74) is 7.06. The van der Waals surface area contributed by atoms with Gasteiger partial charge in [0.25, 0.3) is 0 Å². The van der Waals surface area contributed by atoms with Crippen LogP contribution in [-0.2, 0) is 6.54 Å². The van der Waals surface area contributed by atoms with E-state index < -0.39 is 0 Å². The van der Waals surface area contributed by atoms with E-state index in [9.17, 15) is 4.39 Å². The fraction of sp³-hybridized carbons (Fsp3) is 0.571. The molecule has 0 amide bonds. The van der Waals surface area contributed by atoms with Gasteiger partial charge in [0.1, 0.15) is 5.82 Å². The Kier molecular flexibility index (Phi) is 3.67. The molecule has 94 valence electrons. The summed E-state index contributed by atoms with van der Waals surface area (Å²) >= 11 is 0. The summed E-state index contributed by atoms with van der Waals surface area (Å²) in [4.78, 5) is 2.33. The predicted molar refractivity (Wildman–Crippen MR) is 69.1 cm³/mol. The highest BCUT2D eigenvalue weighted by Gasteiger charge is 2.24. The minimum absolute atomic E-state index is 0.184. The van der Waals surface area contributed by atoms with Crippen molar-refractivity contribution >= 4 is 5.69 Å². The summed E-state index contributed by atoms with van der Waals surface area (Å²) in [7, 11) is 0. The summed E-state index contributed by atoms with van der Waals surface area (Å²) in [6.45, 7) is 6.17. The van der Waals surface area contributed by atoms with E-state index in [2.05, 4.69) is 18.7 Å². The minimum Gasteiger partial charge on any atom is -0.398 e. The lowest BCUT2D eigenvalue weighted by atomic mass is 9.93. The molecule has 2 nitrogen and oxygen atoms in total. The number of nitrogens with zero attached hydrogens (tertiary/aromatic N) is 1. The van der Waals surface area contributed by atoms with Crippen LogP contribution in [0.25, 0.3) is 0 Å². The van der Waals surface area contributed by atoms with Crippen LogP contribution in [0, 0.1) is 11.7 Å². The van der Waals surface area contributed by atoms with Crippen molar-refractivity contribution in [3.63, 3.8) is 0 Å². The van der Waals surface area contributed by atoms with Gasteiger partial charge in [-0.3, -0.25) is 4.90 Å². The van der Waals surface area contributed by atoms with Crippen LogP contribution in [0.2, 0.25) is 0 Å². The average Bonchev–Trinajstić information content (AvgIpc) is 2.26. The molecule has 0 radical (unpaired) electrons. The number of hydrogen-bond donors (Lipinski definition) is 1. The van der Waals surface area contributed by atoms with Crippen LogP contribution >= 0.6 is 0 Å². The van der Waals surface area contributed by atoms with Gasteiger partial charge in [0.15, 0.2) is 0 Å². The molecule has 0 aromatic heterocycles. The van der Waals surface area contributed by atoms with Gasteiger partial charge in [-0.25, -0.2) is 4.39 Å². The van der Waals surface area contributed by atoms with Crippen molar-refractivity contribution in [2.45, 2.75) is 39.3 Å². The van der Waals surface area contributed by atoms with Crippen molar-refractivity contribution in [1.29, 1.82) is 0 Å². The zero-order valence-corrected chi connectivity index (χ0v) is 10.6. The van der Waals surface area contributed by atoms with Crippen LogP contribution in [0.4, 0.5) is 10.1 Å². The van der Waals surface area contributed by atoms with Crippen molar-refractivity contribution in [2.24, 2.45) is 5.92 Å². The van der Waals surface area contributed by atoms with Crippen LogP contribution < -0.4 is 5.73 Å². The number of piperidine rings is 1. The van der Waals surface area contributed by atoms with Crippen molar-refractivity contribution < 1.29 is 4.39 Å². The molecule has 17 heavy (non-hydrogen) atoms. The van der Waals surface area contributed by atoms with Crippen molar-refractivity contribution in [2.75, 3.05) is 12.3 Å². The first-order valence-electron chi connectivity index (χ1n) is 6.35. The number of anilines is 1. The molecular formula is C14H21FN2. The maximum atomic E-state index is 13.7. The van der Waals surface area contributed by atoms with Crippen LogP contribution in [0.15, 0.2) is 18.2 Å². The fourth-order valence-corrected chi connectivity index (χ4v) is 2.64. The summed E-state index contributed by atoms with van der Waals surface area (Å²) < 4.78 is 13.7. The Morgan fingerprint density at radius 3 is 2.82 bits per heavy atom. The zero-order valence-electron chi connectivity index (χ0n) is 10.6. The molecule has 0 saturated carbocycles. The van der Waals surface area contributed by atoms with Crippen LogP contribution in [0.5, 0.6) is 0 Å². The summed E-state index contributed by atoms with van der Waals surface area (Å²) in [6, 6.07) is 5.44. The molecule has 1 fully saturated rings. The topological polar surface area (TPSA) is 29.3 Å². The number of likely N-dealkylation sites (tertiary alicyclic amines) is 1. The Balaban J connectivity index is 2.10. The molecule has 1 aromatic carbocycles. The molecule has 2 atom stereocenters. The van der Waals surface area contributed by atoms with Crippen LogP contribution in [-0.4, -0.2) is 17.5 Å². The monoisotopic (exact) mass is 236 g/mol. The first kappa shape index (κ1) is 12.4. The Morgan fingerprint density at radius 2 is 2.18 bits per heavy atom. The smallest absolute Gasteiger partial charge is 0.129 e. The highest BCUT2D eigenvalue weighted by atomic mass is 19.1. The molecule has 1 aliphatic rings. The largest absolute Gasteiger partial charge is 0.398 e. The molecule has 1 aliphatic heterocycles. The Morgan fingerprint density at radius 1 is 1.41 bits per heavy atom. The third-order valence-electron chi connectivity index (χ3n) is 3.79. The van der Waals surface area contributed by atoms with Gasteiger partial charge in [0.2, 0.25) is 0 Å². The van der Waals surface area contributed by atoms with Crippen LogP contribution in [0.3, 0.4) is 0 Å². The van der Waals surface area contributed by atoms with Gasteiger partial charge >= 0.3 is 0 Å². The second-order valence-corrected chi connectivity index (χ2v) is 5.26. The third kappa shape index (κ3) is 2.78. The van der Waals surface area contributed by atoms with Gasteiger partial charge in [-0.1, -0.05) is 13.0 Å². The zero-order chi connectivity index (χ0) is 12.4. The second-order valence-electron chi connectivity index (χ2n) is 5.26. The van der Waals surface area contributed by atoms with Crippen molar-refractivity contribution in [3.8, 4) is 0 Å².